The molecule has 0 aromatic carbocycles. The Labute approximate surface area is 440 Å². The second-order valence-corrected chi connectivity index (χ2v) is 20.0. The van der Waals surface area contributed by atoms with Gasteiger partial charge in [0.1, 0.15) is 42.3 Å². The molecule has 0 saturated carbocycles. The van der Waals surface area contributed by atoms with Crippen LogP contribution in [0.3, 0.4) is 0 Å². The number of hydrogen-bond acceptors (Lipinski definition) is 12. The van der Waals surface area contributed by atoms with Gasteiger partial charge in [0.25, 0.3) is 0 Å². The number of carbonyl (C=O) groups is 9. The Morgan fingerprint density at radius 1 is 0.480 bits per heavy atom. The van der Waals surface area contributed by atoms with Crippen LogP contribution in [0.2, 0.25) is 0 Å². The molecule has 0 aromatic heterocycles. The van der Waals surface area contributed by atoms with E-state index in [1.807, 2.05) is 28.1 Å². The van der Waals surface area contributed by atoms with Gasteiger partial charge in [-0.15, -0.1) is 0 Å². The van der Waals surface area contributed by atoms with E-state index < -0.39 is 127 Å². The van der Waals surface area contributed by atoms with E-state index in [1.54, 1.807) is 0 Å². The lowest BCUT2D eigenvalue weighted by Gasteiger charge is -2.29. The summed E-state index contributed by atoms with van der Waals surface area (Å²) in [5, 5.41) is 41.9. The molecule has 0 bridgehead atoms. The Kier molecular flexibility index (Phi) is 32.6. The van der Waals surface area contributed by atoms with Crippen molar-refractivity contribution in [1.29, 1.82) is 0 Å². The smallest absolute Gasteiger partial charge is 0.338 e. The van der Waals surface area contributed by atoms with Crippen LogP contribution in [0.4, 0.5) is 0 Å². The van der Waals surface area contributed by atoms with E-state index in [4.69, 9.17) is 34.4 Å². The van der Waals surface area contributed by atoms with E-state index in [-0.39, 0.29) is 50.2 Å². The van der Waals surface area contributed by atoms with Crippen molar-refractivity contribution in [2.24, 2.45) is 34.4 Å². The third kappa shape index (κ3) is 30.5. The molecule has 0 spiro atoms. The summed E-state index contributed by atoms with van der Waals surface area (Å²) in [7, 11) is 5.88. The molecule has 0 fully saturated rings. The maximum atomic E-state index is 14.2. The van der Waals surface area contributed by atoms with Crippen molar-refractivity contribution >= 4 is 65.1 Å². The summed E-state index contributed by atoms with van der Waals surface area (Å²) in [6.45, 7) is 8.90. The van der Waals surface area contributed by atoms with Gasteiger partial charge in [-0.05, 0) is 105 Å². The Bertz CT molecular complexity index is 1910. The van der Waals surface area contributed by atoms with Crippen molar-refractivity contribution in [3.8, 4) is 0 Å². The van der Waals surface area contributed by atoms with Crippen LogP contribution in [0, 0.1) is 0 Å². The number of unbranched alkanes of at least 4 members (excludes halogenated alkanes) is 2. The monoisotopic (exact) mass is 1070 g/mol. The van der Waals surface area contributed by atoms with E-state index in [2.05, 4.69) is 58.3 Å². The van der Waals surface area contributed by atoms with Crippen LogP contribution >= 0.6 is 0 Å². The van der Waals surface area contributed by atoms with E-state index >= 15 is 0 Å². The fourth-order valence-corrected chi connectivity index (χ4v) is 7.24. The zero-order chi connectivity index (χ0) is 57.6. The topological polar surface area (TPSA) is 502 Å². The number of amides is 9. The number of nitrogens with zero attached hydrogens (tertiary/aromatic N) is 1. The molecule has 27 N–H and O–H groups in total. The fourth-order valence-electron chi connectivity index (χ4n) is 7.24. The van der Waals surface area contributed by atoms with Gasteiger partial charge in [-0.25, -0.2) is 0 Å². The van der Waals surface area contributed by atoms with E-state index in [1.165, 1.54) is 27.7 Å². The van der Waals surface area contributed by atoms with E-state index in [0.29, 0.717) is 43.3 Å². The third-order valence-corrected chi connectivity index (χ3v) is 11.6. The molecule has 0 aliphatic heterocycles. The Balaban J connectivity index is 6.59. The highest BCUT2D eigenvalue weighted by molar-refractivity contribution is 5.98. The third-order valence-electron chi connectivity index (χ3n) is 11.6. The zero-order valence-electron chi connectivity index (χ0n) is 45.4. The summed E-state index contributed by atoms with van der Waals surface area (Å²) in [4.78, 5) is 126. The number of nitrogens with two attached hydrogens (primary N) is 6. The van der Waals surface area contributed by atoms with Crippen molar-refractivity contribution in [2.45, 2.75) is 178 Å². The molecule has 9 amide bonds. The average molecular weight is 1080 g/mol. The number of aliphatic hydroxyl groups is 2. The summed E-state index contributed by atoms with van der Waals surface area (Å²) in [5.74, 6) is -7.74. The van der Waals surface area contributed by atoms with Crippen LogP contribution < -0.4 is 92.7 Å². The molecule has 11 atom stereocenters. The van der Waals surface area contributed by atoms with Gasteiger partial charge in [0.15, 0.2) is 0 Å². The molecule has 0 aromatic rings. The van der Waals surface area contributed by atoms with Crippen molar-refractivity contribution in [3.63, 3.8) is 0 Å². The van der Waals surface area contributed by atoms with Gasteiger partial charge in [0.05, 0.1) is 65.6 Å². The second kappa shape index (κ2) is 35.7. The molecule has 0 aliphatic carbocycles. The summed E-state index contributed by atoms with van der Waals surface area (Å²) < 4.78 is 0.572. The number of aliphatic hydroxyl groups excluding tert-OH is 2. The number of carbonyl (C=O) groups excluding carboxylic acids is 9. The Hall–Kier alpha value is -6.43. The summed E-state index contributed by atoms with van der Waals surface area (Å²) in [6.07, 6.45) is 0.141. The maximum absolute atomic E-state index is 14.2. The minimum Gasteiger partial charge on any atom is -0.391 e. The molecule has 0 saturated heterocycles. The van der Waals surface area contributed by atoms with E-state index in [9.17, 15) is 53.4 Å². The molecule has 0 radical (unpaired) electrons. The summed E-state index contributed by atoms with van der Waals surface area (Å²) >= 11 is 0. The first-order chi connectivity index (χ1) is 34.9. The number of hydrogen-bond donors (Lipinski definition) is 19. The first kappa shape index (κ1) is 68.6. The molecular weight excluding hydrogens is 981 g/mol. The van der Waals surface area contributed by atoms with Gasteiger partial charge in [-0.2, -0.15) is 0 Å². The zero-order valence-corrected chi connectivity index (χ0v) is 45.4. The fraction of sp³-hybridized carbons (Fsp3) is 0.761. The number of guanidine groups is 2. The van der Waals surface area contributed by atoms with Crippen LogP contribution in [0.15, 0.2) is 0 Å². The summed E-state index contributed by atoms with van der Waals surface area (Å²) in [5.41, 5.74) is 36.9. The lowest BCUT2D eigenvalue weighted by molar-refractivity contribution is -0.870. The van der Waals surface area contributed by atoms with E-state index in [0.717, 1.165) is 19.4 Å². The van der Waals surface area contributed by atoms with Crippen molar-refractivity contribution in [2.75, 3.05) is 47.3 Å². The normalized spacial score (nSPS) is 15.7. The predicted molar refractivity (Wildman–Crippen MR) is 277 cm³/mol. The van der Waals surface area contributed by atoms with Crippen molar-refractivity contribution < 1.29 is 73.6 Å². The number of rotatable bonds is 38. The molecular formula is C46H94N18O11+4. The van der Waals surface area contributed by atoms with Crippen LogP contribution in [-0.4, -0.2) is 194 Å². The molecule has 0 unspecified atom stereocenters. The molecule has 0 rings (SSSR count). The maximum Gasteiger partial charge on any atom is 0.338 e. The Morgan fingerprint density at radius 3 is 1.29 bits per heavy atom. The van der Waals surface area contributed by atoms with Gasteiger partial charge >= 0.3 is 11.9 Å². The van der Waals surface area contributed by atoms with Crippen LogP contribution in [0.25, 0.3) is 0 Å². The van der Waals surface area contributed by atoms with Crippen LogP contribution in [0.5, 0.6) is 0 Å². The molecule has 29 nitrogen and oxygen atoms in total. The van der Waals surface area contributed by atoms with Gasteiger partial charge in [0, 0.05) is 12.5 Å². The average Bonchev–Trinajstić information content (AvgIpc) is 3.30. The lowest BCUT2D eigenvalue weighted by Crippen LogP contribution is -2.78. The summed E-state index contributed by atoms with van der Waals surface area (Å²) in [6, 6.07) is -11.2. The number of quaternary nitrogens is 2. The lowest BCUT2D eigenvalue weighted by atomic mass is 10.0. The van der Waals surface area contributed by atoms with Gasteiger partial charge in [0.2, 0.25) is 53.2 Å². The predicted octanol–water partition coefficient (Wildman–Crippen LogP) is -11.2. The van der Waals surface area contributed by atoms with Crippen molar-refractivity contribution in [3.05, 3.63) is 0 Å². The largest absolute Gasteiger partial charge is 0.391 e. The SMILES string of the molecule is C[C@H](CCCC[NH3+])NC(=O)[C@H](CCC[NH+]=C(N)N)NC(=O)[C@H](C)NC(=O)[C@@H](NC(=O)[C@H](CCC(N)=O)NC(=O)[C@H](CCCC[N+](C)(C)C)NC(=O)[C@@H](NC(=O)[C@H](CCC[NH+]=C(N)N)NC(=O)[C@H](C)N)[C@@H](C)O)[C@@H](C)O. The minimum absolute atomic E-state index is 0.0154. The van der Waals surface area contributed by atoms with Gasteiger partial charge in [-0.3, -0.25) is 76.1 Å². The van der Waals surface area contributed by atoms with Gasteiger partial charge in [-0.1, -0.05) is 0 Å². The second-order valence-electron chi connectivity index (χ2n) is 20.0. The molecule has 430 valence electrons. The van der Waals surface area contributed by atoms with Crippen molar-refractivity contribution in [1.82, 2.24) is 42.5 Å². The Morgan fingerprint density at radius 2 is 0.867 bits per heavy atom. The first-order valence-electron chi connectivity index (χ1n) is 25.6. The first-order valence-corrected chi connectivity index (χ1v) is 25.6. The molecule has 29 heteroatoms. The van der Waals surface area contributed by atoms with Gasteiger partial charge < -0.3 is 74.4 Å². The highest BCUT2D eigenvalue weighted by atomic mass is 16.3. The molecule has 0 heterocycles. The number of nitrogens with one attached hydrogen (secondary N) is 10. The van der Waals surface area contributed by atoms with Crippen LogP contribution in [-0.2, 0) is 43.2 Å². The molecule has 75 heavy (non-hydrogen) atoms. The highest BCUT2D eigenvalue weighted by Crippen LogP contribution is 2.10. The van der Waals surface area contributed by atoms with Crippen LogP contribution in [0.1, 0.15) is 112 Å². The standard InChI is InChI=1S/C46H90N18O11/c1-25(15-9-11-21-47)56-39(70)31(17-13-22-54-45(50)51)59-38(69)27(3)57-43(74)35(28(4)65)62-42(73)33(19-20-34(49)67)60-40(71)30(16-10-12-24-64(6,7)8)61-44(75)36(29(5)66)63-41(72)32(58-37(68)26(2)48)18-14-23-55-46(52)53/h25-33,35-36,65-66H,9-24,47-48H2,1-8H3,(H17-,49,50,51,52,53,54,55,56,57,58,59,60,61,62,63,67,68,69,70,71,72,73,74,75)/p+4/t25-,26+,27+,28-,29-,30+,31+,32+,33+,35+,36+/m1/s1. The quantitative estimate of drug-likeness (QED) is 0.0118. The highest BCUT2D eigenvalue weighted by Gasteiger charge is 2.36. The minimum atomic E-state index is -1.74. The molecule has 0 aliphatic rings. The number of primary amides is 1.